The van der Waals surface area contributed by atoms with Crippen LogP contribution in [0.4, 0.5) is 10.1 Å². The van der Waals surface area contributed by atoms with Gasteiger partial charge in [0, 0.05) is 34.4 Å². The van der Waals surface area contributed by atoms with E-state index in [4.69, 9.17) is 16.7 Å². The molecule has 26 heavy (non-hydrogen) atoms. The van der Waals surface area contributed by atoms with E-state index < -0.39 is 5.82 Å². The number of hydrogen-bond acceptors (Lipinski definition) is 4. The van der Waals surface area contributed by atoms with E-state index in [1.165, 1.54) is 18.2 Å². The van der Waals surface area contributed by atoms with Crippen molar-refractivity contribution in [2.45, 2.75) is 11.3 Å². The Hall–Kier alpha value is -2.35. The fourth-order valence-electron chi connectivity index (χ4n) is 2.52. The molecule has 0 fully saturated rings. The summed E-state index contributed by atoms with van der Waals surface area (Å²) in [7, 11) is 1.83. The van der Waals surface area contributed by atoms with Crippen molar-refractivity contribution in [1.82, 2.24) is 9.78 Å². The molecule has 0 unspecified atom stereocenters. The van der Waals surface area contributed by atoms with Gasteiger partial charge in [0.2, 0.25) is 5.91 Å². The molecule has 0 atom stereocenters. The van der Waals surface area contributed by atoms with Gasteiger partial charge in [-0.3, -0.25) is 14.6 Å². The number of nitrogens with two attached hydrogens (primary N) is 1. The molecule has 0 saturated heterocycles. The molecule has 0 saturated carbocycles. The summed E-state index contributed by atoms with van der Waals surface area (Å²) >= 11 is 7.08. The van der Waals surface area contributed by atoms with Crippen LogP contribution >= 0.6 is 23.5 Å². The Labute approximate surface area is 159 Å². The predicted octanol–water partition coefficient (Wildman–Crippen LogP) is 4.03. The zero-order valence-electron chi connectivity index (χ0n) is 13.9. The highest BCUT2D eigenvalue weighted by Gasteiger charge is 2.11. The Morgan fingerprint density at radius 1 is 1.31 bits per heavy atom. The van der Waals surface area contributed by atoms with Gasteiger partial charge in [0.1, 0.15) is 5.82 Å². The number of halogens is 2. The quantitative estimate of drug-likeness (QED) is 0.645. The first-order valence-corrected chi connectivity index (χ1v) is 8.95. The molecular formula is C18H16ClFN4OS. The maximum absolute atomic E-state index is 13.1. The van der Waals surface area contributed by atoms with Crippen LogP contribution in [0.5, 0.6) is 0 Å². The van der Waals surface area contributed by atoms with Crippen LogP contribution in [0.1, 0.15) is 5.56 Å². The lowest BCUT2D eigenvalue weighted by Crippen LogP contribution is -2.14. The Morgan fingerprint density at radius 3 is 2.77 bits per heavy atom. The molecule has 5 nitrogen and oxygen atoms in total. The van der Waals surface area contributed by atoms with E-state index in [2.05, 4.69) is 10.4 Å². The fourth-order valence-corrected chi connectivity index (χ4v) is 3.14. The van der Waals surface area contributed by atoms with Gasteiger partial charge in [-0.25, -0.2) is 4.39 Å². The molecule has 0 bridgehead atoms. The largest absolute Gasteiger partial charge is 0.326 e. The molecule has 134 valence electrons. The highest BCUT2D eigenvalue weighted by Crippen LogP contribution is 2.28. The van der Waals surface area contributed by atoms with E-state index in [-0.39, 0.29) is 17.4 Å². The molecule has 0 aliphatic rings. The van der Waals surface area contributed by atoms with E-state index in [0.717, 1.165) is 28.0 Å². The van der Waals surface area contributed by atoms with E-state index in [1.54, 1.807) is 16.9 Å². The van der Waals surface area contributed by atoms with Crippen molar-refractivity contribution in [3.8, 4) is 11.1 Å². The first-order chi connectivity index (χ1) is 12.4. The molecule has 3 N–H and O–H groups in total. The average Bonchev–Trinajstić information content (AvgIpc) is 3.03. The second-order valence-electron chi connectivity index (χ2n) is 5.73. The number of carbonyl (C=O) groups is 1. The topological polar surface area (TPSA) is 72.9 Å². The number of aromatic nitrogens is 2. The summed E-state index contributed by atoms with van der Waals surface area (Å²) in [6, 6.07) is 9.53. The molecule has 1 amide bonds. The van der Waals surface area contributed by atoms with Crippen LogP contribution in [0.25, 0.3) is 11.1 Å². The Balaban J connectivity index is 1.81. The van der Waals surface area contributed by atoms with Crippen molar-refractivity contribution >= 4 is 35.1 Å². The van der Waals surface area contributed by atoms with Gasteiger partial charge in [-0.2, -0.15) is 5.10 Å². The van der Waals surface area contributed by atoms with Crippen LogP contribution in [0.3, 0.4) is 0 Å². The van der Waals surface area contributed by atoms with Gasteiger partial charge >= 0.3 is 0 Å². The van der Waals surface area contributed by atoms with Crippen molar-refractivity contribution in [3.05, 3.63) is 65.2 Å². The van der Waals surface area contributed by atoms with Gasteiger partial charge in [-0.15, -0.1) is 0 Å². The van der Waals surface area contributed by atoms with E-state index in [1.807, 2.05) is 25.4 Å². The zero-order chi connectivity index (χ0) is 18.7. The monoisotopic (exact) mass is 390 g/mol. The van der Waals surface area contributed by atoms with Crippen LogP contribution in [0, 0.1) is 5.82 Å². The van der Waals surface area contributed by atoms with E-state index in [9.17, 15) is 9.18 Å². The summed E-state index contributed by atoms with van der Waals surface area (Å²) in [6.07, 6.45) is 3.66. The van der Waals surface area contributed by atoms with Gasteiger partial charge in [-0.1, -0.05) is 17.7 Å². The SMILES string of the molecule is Cn1cc(-c2cc(NC(=O)Cc3ccc(F)cc3Cl)cc(SN)c2)cn1. The Morgan fingerprint density at radius 2 is 2.12 bits per heavy atom. The molecular weight excluding hydrogens is 375 g/mol. The molecule has 8 heteroatoms. The third-order valence-corrected chi connectivity index (χ3v) is 4.59. The molecule has 3 rings (SSSR count). The molecule has 1 aromatic heterocycles. The van der Waals surface area contributed by atoms with Crippen LogP contribution < -0.4 is 10.5 Å². The second-order valence-corrected chi connectivity index (χ2v) is 6.84. The van der Waals surface area contributed by atoms with Gasteiger partial charge in [0.05, 0.1) is 12.6 Å². The van der Waals surface area contributed by atoms with Gasteiger partial charge in [-0.05, 0) is 53.4 Å². The van der Waals surface area contributed by atoms with Gasteiger partial charge in [0.25, 0.3) is 0 Å². The predicted molar refractivity (Wildman–Crippen MR) is 102 cm³/mol. The van der Waals surface area contributed by atoms with Crippen molar-refractivity contribution in [2.75, 3.05) is 5.32 Å². The van der Waals surface area contributed by atoms with Crippen molar-refractivity contribution < 1.29 is 9.18 Å². The van der Waals surface area contributed by atoms with Gasteiger partial charge < -0.3 is 5.32 Å². The zero-order valence-corrected chi connectivity index (χ0v) is 15.4. The van der Waals surface area contributed by atoms with Crippen LogP contribution in [0.2, 0.25) is 5.02 Å². The van der Waals surface area contributed by atoms with Crippen molar-refractivity contribution in [2.24, 2.45) is 12.2 Å². The van der Waals surface area contributed by atoms with Crippen LogP contribution in [0.15, 0.2) is 53.7 Å². The van der Waals surface area contributed by atoms with E-state index >= 15 is 0 Å². The normalized spacial score (nSPS) is 10.8. The summed E-state index contributed by atoms with van der Waals surface area (Å²) in [6.45, 7) is 0. The third kappa shape index (κ3) is 4.43. The number of rotatable bonds is 5. The number of aryl methyl sites for hydroxylation is 1. The maximum atomic E-state index is 13.1. The lowest BCUT2D eigenvalue weighted by atomic mass is 10.1. The number of benzene rings is 2. The fraction of sp³-hybridized carbons (Fsp3) is 0.111. The summed E-state index contributed by atoms with van der Waals surface area (Å²) in [5, 5.41) is 12.9. The lowest BCUT2D eigenvalue weighted by molar-refractivity contribution is -0.115. The Kier molecular flexibility index (Phi) is 5.61. The van der Waals surface area contributed by atoms with Crippen LogP contribution in [-0.4, -0.2) is 15.7 Å². The summed E-state index contributed by atoms with van der Waals surface area (Å²) < 4.78 is 14.8. The number of anilines is 1. The third-order valence-electron chi connectivity index (χ3n) is 3.73. The van der Waals surface area contributed by atoms with Crippen molar-refractivity contribution in [3.63, 3.8) is 0 Å². The highest BCUT2D eigenvalue weighted by molar-refractivity contribution is 7.97. The average molecular weight is 391 g/mol. The standard InChI is InChI=1S/C18H16ClFN4OS/c1-24-10-13(9-22-24)12-4-15(8-16(5-12)26-21)23-18(25)6-11-2-3-14(20)7-17(11)19/h2-5,7-10H,6,21H2,1H3,(H,23,25). The summed E-state index contributed by atoms with van der Waals surface area (Å²) in [5.74, 6) is -0.692. The number of nitrogens with zero attached hydrogens (tertiary/aromatic N) is 2. The Bertz CT molecular complexity index is 960. The summed E-state index contributed by atoms with van der Waals surface area (Å²) in [4.78, 5) is 13.2. The van der Waals surface area contributed by atoms with Gasteiger partial charge in [0.15, 0.2) is 0 Å². The number of amides is 1. The maximum Gasteiger partial charge on any atom is 0.228 e. The molecule has 0 spiro atoms. The minimum absolute atomic E-state index is 0.0430. The lowest BCUT2D eigenvalue weighted by Gasteiger charge is -2.10. The second kappa shape index (κ2) is 7.90. The smallest absolute Gasteiger partial charge is 0.228 e. The number of hydrogen-bond donors (Lipinski definition) is 2. The first kappa shape index (κ1) is 18.4. The van der Waals surface area contributed by atoms with E-state index in [0.29, 0.717) is 11.3 Å². The molecule has 0 aliphatic carbocycles. The molecule has 0 radical (unpaired) electrons. The van der Waals surface area contributed by atoms with Crippen molar-refractivity contribution in [1.29, 1.82) is 0 Å². The minimum atomic E-state index is -0.437. The first-order valence-electron chi connectivity index (χ1n) is 7.69. The minimum Gasteiger partial charge on any atom is -0.326 e. The highest BCUT2D eigenvalue weighted by atomic mass is 35.5. The van der Waals surface area contributed by atoms with Crippen LogP contribution in [-0.2, 0) is 18.3 Å². The molecule has 0 aliphatic heterocycles. The molecule has 2 aromatic carbocycles. The molecule has 3 aromatic rings. The summed E-state index contributed by atoms with van der Waals surface area (Å²) in [5.41, 5.74) is 2.98. The number of nitrogens with one attached hydrogen (secondary N) is 1. The molecule has 1 heterocycles. The number of carbonyl (C=O) groups excluding carboxylic acids is 1.